The van der Waals surface area contributed by atoms with E-state index in [9.17, 15) is 9.59 Å². The van der Waals surface area contributed by atoms with E-state index in [-0.39, 0.29) is 29.6 Å². The molecule has 5 rings (SSSR count). The third-order valence-corrected chi connectivity index (χ3v) is 7.52. The van der Waals surface area contributed by atoms with Crippen molar-refractivity contribution in [1.82, 2.24) is 4.90 Å². The van der Waals surface area contributed by atoms with Gasteiger partial charge in [-0.15, -0.1) is 0 Å². The number of nitrogens with zero attached hydrogens (tertiary/aromatic N) is 1. The summed E-state index contributed by atoms with van der Waals surface area (Å²) in [4.78, 5) is 25.1. The first-order valence-corrected chi connectivity index (χ1v) is 11.6. The van der Waals surface area contributed by atoms with Crippen LogP contribution < -0.4 is 9.47 Å². The molecule has 7 heteroatoms. The molecular formula is C25H31NO6. The van der Waals surface area contributed by atoms with Gasteiger partial charge in [0.15, 0.2) is 11.5 Å². The number of esters is 2. The fraction of sp³-hybridized carbons (Fsp3) is 0.600. The van der Waals surface area contributed by atoms with Crippen LogP contribution in [0.3, 0.4) is 0 Å². The number of likely N-dealkylation sites (N-methyl/N-ethyl adjacent to an activating group) is 1. The highest BCUT2D eigenvalue weighted by Crippen LogP contribution is 2.62. The fourth-order valence-electron chi connectivity index (χ4n) is 6.23. The Morgan fingerprint density at radius 3 is 2.75 bits per heavy atom. The normalized spacial score (nSPS) is 31.6. The number of hydrogen-bond donors (Lipinski definition) is 0. The third kappa shape index (κ3) is 3.33. The van der Waals surface area contributed by atoms with Gasteiger partial charge in [0.25, 0.3) is 0 Å². The van der Waals surface area contributed by atoms with E-state index in [1.807, 2.05) is 6.07 Å². The molecule has 0 amide bonds. The second-order valence-corrected chi connectivity index (χ2v) is 9.39. The summed E-state index contributed by atoms with van der Waals surface area (Å²) in [6.07, 6.45) is 7.70. The second kappa shape index (κ2) is 8.19. The van der Waals surface area contributed by atoms with E-state index < -0.39 is 0 Å². The van der Waals surface area contributed by atoms with Crippen LogP contribution >= 0.6 is 0 Å². The molecule has 0 aromatic heterocycles. The van der Waals surface area contributed by atoms with Gasteiger partial charge >= 0.3 is 11.9 Å². The molecule has 2 heterocycles. The lowest BCUT2D eigenvalue weighted by molar-refractivity contribution is -0.141. The summed E-state index contributed by atoms with van der Waals surface area (Å²) in [5, 5.41) is 0. The predicted octanol–water partition coefficient (Wildman–Crippen LogP) is 2.79. The Kier molecular flexibility index (Phi) is 5.50. The molecule has 5 atom stereocenters. The zero-order valence-corrected chi connectivity index (χ0v) is 19.0. The summed E-state index contributed by atoms with van der Waals surface area (Å²) in [6, 6.07) is 4.41. The van der Waals surface area contributed by atoms with Crippen molar-refractivity contribution in [2.24, 2.45) is 5.92 Å². The highest BCUT2D eigenvalue weighted by Gasteiger charge is 2.64. The molecule has 172 valence electrons. The standard InChI is InChI=1S/C25H31NO6/c1-15(27)29-12-4-5-13-30-21-9-7-18-19-14-17-6-8-20(31-16(2)28)23-22(17)25(18,24(21)32-23)10-11-26(19)3/h6-9,18-19,21,24H,4-5,10-14H2,1-3H3/t18-,19+,21-,24-,25-/m0/s1. The van der Waals surface area contributed by atoms with Crippen LogP contribution in [0.4, 0.5) is 0 Å². The van der Waals surface area contributed by atoms with Crippen molar-refractivity contribution in [3.63, 3.8) is 0 Å². The van der Waals surface area contributed by atoms with Gasteiger partial charge in [-0.25, -0.2) is 0 Å². The fourth-order valence-corrected chi connectivity index (χ4v) is 6.23. The SMILES string of the molecule is CC(=O)OCCCCO[C@H]1C=C[C@H]2[C@H]3Cc4ccc(OC(C)=O)c5c4[C@@]2(CCN3C)[C@H]1O5. The maximum atomic E-state index is 11.7. The minimum Gasteiger partial charge on any atom is -0.482 e. The second-order valence-electron chi connectivity index (χ2n) is 9.39. The minimum atomic E-state index is -0.343. The molecular weight excluding hydrogens is 410 g/mol. The van der Waals surface area contributed by atoms with Crippen molar-refractivity contribution in [2.45, 2.75) is 63.2 Å². The number of rotatable bonds is 7. The third-order valence-electron chi connectivity index (χ3n) is 7.52. The zero-order valence-electron chi connectivity index (χ0n) is 19.0. The first-order valence-electron chi connectivity index (χ1n) is 11.6. The Labute approximate surface area is 188 Å². The van der Waals surface area contributed by atoms with Gasteiger partial charge < -0.3 is 23.8 Å². The lowest BCUT2D eigenvalue weighted by Crippen LogP contribution is -2.65. The van der Waals surface area contributed by atoms with Crippen molar-refractivity contribution in [3.05, 3.63) is 35.4 Å². The van der Waals surface area contributed by atoms with Crippen molar-refractivity contribution in [3.8, 4) is 11.5 Å². The first-order chi connectivity index (χ1) is 15.4. The van der Waals surface area contributed by atoms with Gasteiger partial charge in [-0.1, -0.05) is 18.2 Å². The van der Waals surface area contributed by atoms with Crippen LogP contribution in [0, 0.1) is 5.92 Å². The number of unbranched alkanes of at least 4 members (excludes halogenated alkanes) is 1. The number of carbonyl (C=O) groups excluding carboxylic acids is 2. The molecule has 1 aromatic carbocycles. The summed E-state index contributed by atoms with van der Waals surface area (Å²) in [5.41, 5.74) is 2.36. The first kappa shape index (κ1) is 21.5. The van der Waals surface area contributed by atoms with E-state index in [0.29, 0.717) is 30.9 Å². The quantitative estimate of drug-likeness (QED) is 0.279. The molecule has 0 radical (unpaired) electrons. The summed E-state index contributed by atoms with van der Waals surface area (Å²) < 4.78 is 23.5. The maximum Gasteiger partial charge on any atom is 0.308 e. The molecule has 1 spiro atoms. The molecule has 0 N–H and O–H groups in total. The van der Waals surface area contributed by atoms with Gasteiger partial charge in [0.2, 0.25) is 0 Å². The smallest absolute Gasteiger partial charge is 0.308 e. The molecule has 0 unspecified atom stereocenters. The van der Waals surface area contributed by atoms with Crippen LogP contribution in [0.25, 0.3) is 0 Å². The maximum absolute atomic E-state index is 11.7. The van der Waals surface area contributed by atoms with Crippen LogP contribution in [-0.4, -0.2) is 61.9 Å². The lowest BCUT2D eigenvalue weighted by atomic mass is 9.53. The number of benzene rings is 1. The van der Waals surface area contributed by atoms with E-state index >= 15 is 0 Å². The molecule has 0 saturated carbocycles. The summed E-state index contributed by atoms with van der Waals surface area (Å²) in [7, 11) is 2.21. The summed E-state index contributed by atoms with van der Waals surface area (Å²) in [6.45, 7) is 4.83. The molecule has 1 fully saturated rings. The van der Waals surface area contributed by atoms with Crippen LogP contribution in [0.1, 0.15) is 44.2 Å². The van der Waals surface area contributed by atoms with E-state index in [2.05, 4.69) is 30.2 Å². The Morgan fingerprint density at radius 1 is 1.16 bits per heavy atom. The van der Waals surface area contributed by atoms with E-state index in [0.717, 1.165) is 38.0 Å². The largest absolute Gasteiger partial charge is 0.482 e. The van der Waals surface area contributed by atoms with Crippen LogP contribution in [0.15, 0.2) is 24.3 Å². The van der Waals surface area contributed by atoms with Gasteiger partial charge in [0, 0.05) is 43.4 Å². The monoisotopic (exact) mass is 441 g/mol. The van der Waals surface area contributed by atoms with Gasteiger partial charge in [0.1, 0.15) is 12.2 Å². The Morgan fingerprint density at radius 2 is 1.97 bits per heavy atom. The minimum absolute atomic E-state index is 0.145. The van der Waals surface area contributed by atoms with E-state index in [1.54, 1.807) is 0 Å². The van der Waals surface area contributed by atoms with Gasteiger partial charge in [-0.2, -0.15) is 0 Å². The van der Waals surface area contributed by atoms with Crippen molar-refractivity contribution >= 4 is 11.9 Å². The number of piperidine rings is 1. The van der Waals surface area contributed by atoms with E-state index in [4.69, 9.17) is 18.9 Å². The number of hydrogen-bond acceptors (Lipinski definition) is 7. The molecule has 1 saturated heterocycles. The molecule has 2 bridgehead atoms. The summed E-state index contributed by atoms with van der Waals surface area (Å²) in [5.74, 6) is 0.983. The highest BCUT2D eigenvalue weighted by atomic mass is 16.6. The molecule has 4 aliphatic rings. The Hall–Kier alpha value is -2.38. The lowest BCUT2D eigenvalue weighted by Gasteiger charge is -2.56. The molecule has 7 nitrogen and oxygen atoms in total. The highest BCUT2D eigenvalue weighted by molar-refractivity contribution is 5.72. The van der Waals surface area contributed by atoms with Gasteiger partial charge in [0.05, 0.1) is 6.61 Å². The number of ether oxygens (including phenoxy) is 4. The molecule has 2 aliphatic carbocycles. The average Bonchev–Trinajstić information content (AvgIpc) is 3.10. The molecule has 1 aromatic rings. The zero-order chi connectivity index (χ0) is 22.5. The van der Waals surface area contributed by atoms with Gasteiger partial charge in [-0.3, -0.25) is 9.59 Å². The Balaban J connectivity index is 1.43. The predicted molar refractivity (Wildman–Crippen MR) is 117 cm³/mol. The van der Waals surface area contributed by atoms with Crippen LogP contribution in [0.5, 0.6) is 11.5 Å². The van der Waals surface area contributed by atoms with Crippen LogP contribution in [0.2, 0.25) is 0 Å². The van der Waals surface area contributed by atoms with E-state index in [1.165, 1.54) is 25.0 Å². The van der Waals surface area contributed by atoms with Crippen molar-refractivity contribution in [1.29, 1.82) is 0 Å². The van der Waals surface area contributed by atoms with Crippen molar-refractivity contribution in [2.75, 3.05) is 26.8 Å². The Bertz CT molecular complexity index is 958. The summed E-state index contributed by atoms with van der Waals surface area (Å²) >= 11 is 0. The van der Waals surface area contributed by atoms with Crippen LogP contribution in [-0.2, 0) is 30.9 Å². The average molecular weight is 442 g/mol. The van der Waals surface area contributed by atoms with Crippen molar-refractivity contribution < 1.29 is 28.5 Å². The molecule has 32 heavy (non-hydrogen) atoms. The topological polar surface area (TPSA) is 74.3 Å². The number of carbonyl (C=O) groups is 2. The van der Waals surface area contributed by atoms with Gasteiger partial charge in [-0.05, 0) is 50.9 Å². The number of likely N-dealkylation sites (tertiary alicyclic amines) is 1. The molecule has 2 aliphatic heterocycles.